The first-order chi connectivity index (χ1) is 14.5. The molecule has 0 aliphatic heterocycles. The van der Waals surface area contributed by atoms with E-state index in [4.69, 9.17) is 5.10 Å². The van der Waals surface area contributed by atoms with E-state index in [1.54, 1.807) is 6.33 Å². The summed E-state index contributed by atoms with van der Waals surface area (Å²) >= 11 is 0. The maximum Gasteiger partial charge on any atom is 0.157 e. The first kappa shape index (κ1) is 18.7. The lowest BCUT2D eigenvalue weighted by atomic mass is 10.0. The molecule has 0 bridgehead atoms. The summed E-state index contributed by atoms with van der Waals surface area (Å²) in [6.07, 6.45) is 4.96. The number of nitrogens with zero attached hydrogens (tertiary/aromatic N) is 6. The normalized spacial score (nSPS) is 13.7. The molecule has 1 fully saturated rings. The van der Waals surface area contributed by atoms with Gasteiger partial charge in [0.2, 0.25) is 0 Å². The zero-order valence-corrected chi connectivity index (χ0v) is 17.9. The summed E-state index contributed by atoms with van der Waals surface area (Å²) in [5.74, 6) is 1.56. The number of benzene rings is 1. The van der Waals surface area contributed by atoms with Crippen LogP contribution in [0.15, 0.2) is 42.7 Å². The molecule has 4 aromatic rings. The highest BCUT2D eigenvalue weighted by atomic mass is 15.3. The molecule has 5 rings (SSSR count). The van der Waals surface area contributed by atoms with Gasteiger partial charge in [-0.05, 0) is 56.7 Å². The molecule has 3 heterocycles. The topological polar surface area (TPSA) is 61.4 Å². The molecule has 1 aliphatic carbocycles. The van der Waals surface area contributed by atoms with Gasteiger partial charge in [0, 0.05) is 36.5 Å². The van der Waals surface area contributed by atoms with E-state index in [0.717, 1.165) is 40.2 Å². The smallest absolute Gasteiger partial charge is 0.157 e. The number of hydrogen-bond acceptors (Lipinski definition) is 4. The van der Waals surface area contributed by atoms with Crippen molar-refractivity contribution in [3.05, 3.63) is 76.6 Å². The maximum atomic E-state index is 4.82. The molecule has 152 valence electrons. The van der Waals surface area contributed by atoms with Gasteiger partial charge in [-0.15, -0.1) is 0 Å². The van der Waals surface area contributed by atoms with Crippen molar-refractivity contribution in [1.29, 1.82) is 0 Å². The van der Waals surface area contributed by atoms with Gasteiger partial charge in [-0.2, -0.15) is 10.2 Å². The van der Waals surface area contributed by atoms with Crippen LogP contribution in [0.1, 0.15) is 52.7 Å². The predicted molar refractivity (Wildman–Crippen MR) is 117 cm³/mol. The Morgan fingerprint density at radius 1 is 0.967 bits per heavy atom. The fraction of sp³-hybridized carbons (Fsp3) is 0.333. The molecular weight excluding hydrogens is 372 g/mol. The third-order valence-corrected chi connectivity index (χ3v) is 5.95. The largest absolute Gasteiger partial charge is 0.271 e. The Morgan fingerprint density at radius 3 is 2.40 bits per heavy atom. The van der Waals surface area contributed by atoms with Crippen molar-refractivity contribution in [1.82, 2.24) is 29.5 Å². The highest BCUT2D eigenvalue weighted by molar-refractivity contribution is 5.64. The summed E-state index contributed by atoms with van der Waals surface area (Å²) < 4.78 is 3.84. The van der Waals surface area contributed by atoms with Crippen LogP contribution < -0.4 is 0 Å². The lowest BCUT2D eigenvalue weighted by molar-refractivity contribution is 0.718. The highest BCUT2D eigenvalue weighted by Gasteiger charge is 2.23. The Kier molecular flexibility index (Phi) is 4.50. The van der Waals surface area contributed by atoms with Gasteiger partial charge in [0.15, 0.2) is 5.82 Å². The lowest BCUT2D eigenvalue weighted by Crippen LogP contribution is -2.06. The summed E-state index contributed by atoms with van der Waals surface area (Å²) in [7, 11) is 2.01. The van der Waals surface area contributed by atoms with E-state index < -0.39 is 0 Å². The molecule has 0 N–H and O–H groups in total. The van der Waals surface area contributed by atoms with Crippen molar-refractivity contribution < 1.29 is 0 Å². The predicted octanol–water partition coefficient (Wildman–Crippen LogP) is 4.46. The number of rotatable bonds is 5. The molecule has 1 saturated carbocycles. The van der Waals surface area contributed by atoms with Gasteiger partial charge >= 0.3 is 0 Å². The quantitative estimate of drug-likeness (QED) is 0.498. The minimum Gasteiger partial charge on any atom is -0.271 e. The monoisotopic (exact) mass is 398 g/mol. The van der Waals surface area contributed by atoms with Gasteiger partial charge in [0.05, 0.1) is 17.1 Å². The van der Waals surface area contributed by atoms with Crippen molar-refractivity contribution in [3.8, 4) is 17.1 Å². The van der Waals surface area contributed by atoms with E-state index in [0.29, 0.717) is 6.42 Å². The van der Waals surface area contributed by atoms with Crippen molar-refractivity contribution >= 4 is 0 Å². The molecule has 0 saturated heterocycles. The van der Waals surface area contributed by atoms with Crippen LogP contribution in [0.25, 0.3) is 17.1 Å². The first-order valence-electron chi connectivity index (χ1n) is 10.5. The van der Waals surface area contributed by atoms with E-state index in [1.165, 1.54) is 29.5 Å². The van der Waals surface area contributed by atoms with Crippen LogP contribution in [0.2, 0.25) is 0 Å². The number of aromatic nitrogens is 6. The second kappa shape index (κ2) is 7.20. The fourth-order valence-corrected chi connectivity index (χ4v) is 4.15. The van der Waals surface area contributed by atoms with E-state index >= 15 is 0 Å². The summed E-state index contributed by atoms with van der Waals surface area (Å²) in [6, 6.07) is 13.0. The van der Waals surface area contributed by atoms with Crippen LogP contribution in [-0.4, -0.2) is 29.5 Å². The third kappa shape index (κ3) is 3.43. The van der Waals surface area contributed by atoms with Crippen LogP contribution in [0, 0.1) is 20.8 Å². The van der Waals surface area contributed by atoms with Crippen LogP contribution in [0.5, 0.6) is 0 Å². The second-order valence-electron chi connectivity index (χ2n) is 8.32. The van der Waals surface area contributed by atoms with Crippen molar-refractivity contribution in [3.63, 3.8) is 0 Å². The summed E-state index contributed by atoms with van der Waals surface area (Å²) in [4.78, 5) is 8.92. The van der Waals surface area contributed by atoms with Crippen molar-refractivity contribution in [2.45, 2.75) is 46.0 Å². The van der Waals surface area contributed by atoms with Crippen LogP contribution in [0.3, 0.4) is 0 Å². The van der Waals surface area contributed by atoms with Gasteiger partial charge in [-0.25, -0.2) is 14.6 Å². The Labute approximate surface area is 176 Å². The minimum atomic E-state index is 0.699. The summed E-state index contributed by atoms with van der Waals surface area (Å²) in [5, 5.41) is 9.36. The molecule has 6 nitrogen and oxygen atoms in total. The molecule has 0 atom stereocenters. The van der Waals surface area contributed by atoms with Gasteiger partial charge in [0.25, 0.3) is 0 Å². The van der Waals surface area contributed by atoms with Crippen molar-refractivity contribution in [2.24, 2.45) is 7.05 Å². The average molecular weight is 399 g/mol. The molecule has 0 radical (unpaired) electrons. The van der Waals surface area contributed by atoms with E-state index in [1.807, 2.05) is 42.4 Å². The van der Waals surface area contributed by atoms with Gasteiger partial charge in [0.1, 0.15) is 6.33 Å². The number of aryl methyl sites for hydroxylation is 3. The lowest BCUT2D eigenvalue weighted by Gasteiger charge is -2.07. The average Bonchev–Trinajstić information content (AvgIpc) is 3.48. The maximum absolute atomic E-state index is 4.82. The molecule has 3 aromatic heterocycles. The molecule has 30 heavy (non-hydrogen) atoms. The minimum absolute atomic E-state index is 0.699. The molecule has 1 aliphatic rings. The highest BCUT2D eigenvalue weighted by Crippen LogP contribution is 2.40. The molecule has 6 heteroatoms. The zero-order chi connectivity index (χ0) is 20.8. The van der Waals surface area contributed by atoms with Crippen LogP contribution >= 0.6 is 0 Å². The van der Waals surface area contributed by atoms with Gasteiger partial charge in [-0.3, -0.25) is 4.68 Å². The van der Waals surface area contributed by atoms with Crippen molar-refractivity contribution in [2.75, 3.05) is 0 Å². The van der Waals surface area contributed by atoms with Crippen LogP contribution in [0.4, 0.5) is 0 Å². The summed E-state index contributed by atoms with van der Waals surface area (Å²) in [6.45, 7) is 6.17. The second-order valence-corrected chi connectivity index (χ2v) is 8.32. The first-order valence-corrected chi connectivity index (χ1v) is 10.5. The van der Waals surface area contributed by atoms with Gasteiger partial charge in [-0.1, -0.05) is 24.3 Å². The van der Waals surface area contributed by atoms with Crippen LogP contribution in [-0.2, 0) is 13.5 Å². The summed E-state index contributed by atoms with van der Waals surface area (Å²) in [5.41, 5.74) is 9.02. The van der Waals surface area contributed by atoms with E-state index in [2.05, 4.69) is 46.3 Å². The third-order valence-electron chi connectivity index (χ3n) is 5.95. The van der Waals surface area contributed by atoms with Gasteiger partial charge < -0.3 is 0 Å². The molecule has 1 aromatic carbocycles. The standard InChI is InChI=1S/C24H26N6/c1-15-11-16(2)30(27-15)23-13-21(25-14-26-23)12-22-17(3)24(28-29(22)4)20-9-7-19(8-10-20)18-5-6-18/h7-11,13-14,18H,5-6,12H2,1-4H3. The van der Waals surface area contributed by atoms with E-state index in [9.17, 15) is 0 Å². The Balaban J connectivity index is 1.44. The SMILES string of the molecule is Cc1cc(C)n(-c2cc(Cc3c(C)c(-c4ccc(C5CC5)cc4)nn3C)ncn2)n1. The Bertz CT molecular complexity index is 1210. The fourth-order valence-electron chi connectivity index (χ4n) is 4.15. The number of hydrogen-bond donors (Lipinski definition) is 0. The molecule has 0 unspecified atom stereocenters. The molecular formula is C24H26N6. The Morgan fingerprint density at radius 2 is 1.73 bits per heavy atom. The van der Waals surface area contributed by atoms with E-state index in [-0.39, 0.29) is 0 Å². The Hall–Kier alpha value is -3.28. The zero-order valence-electron chi connectivity index (χ0n) is 17.9. The molecule has 0 amide bonds. The molecule has 0 spiro atoms.